The first-order chi connectivity index (χ1) is 7.29. The van der Waals surface area contributed by atoms with E-state index in [1.807, 2.05) is 0 Å². The van der Waals surface area contributed by atoms with Gasteiger partial charge in [0, 0.05) is 19.5 Å². The number of nitrogens with zero attached hydrogens (tertiary/aromatic N) is 1. The second-order valence-corrected chi connectivity index (χ2v) is 5.62. The molecule has 0 unspecified atom stereocenters. The molecule has 5 nitrogen and oxygen atoms in total. The van der Waals surface area contributed by atoms with Crippen molar-refractivity contribution in [3.8, 4) is 0 Å². The lowest BCUT2D eigenvalue weighted by Gasteiger charge is -2.02. The van der Waals surface area contributed by atoms with E-state index in [1.165, 1.54) is 17.8 Å². The summed E-state index contributed by atoms with van der Waals surface area (Å²) in [5.74, 6) is -0.634. The first-order valence-electron chi connectivity index (χ1n) is 4.51. The molecule has 1 aromatic heterocycles. The summed E-state index contributed by atoms with van der Waals surface area (Å²) in [5, 5.41) is -0.0940. The van der Waals surface area contributed by atoms with Gasteiger partial charge in [-0.25, -0.2) is 13.2 Å². The van der Waals surface area contributed by atoms with Crippen LogP contribution in [0.25, 0.3) is 0 Å². The van der Waals surface area contributed by atoms with E-state index in [-0.39, 0.29) is 22.2 Å². The van der Waals surface area contributed by atoms with Crippen molar-refractivity contribution < 1.29 is 17.9 Å². The number of aryl methyl sites for hydroxylation is 1. The van der Waals surface area contributed by atoms with Gasteiger partial charge in [0.2, 0.25) is 0 Å². The van der Waals surface area contributed by atoms with Gasteiger partial charge in [0.05, 0.1) is 11.6 Å². The average molecular weight is 266 g/mol. The molecule has 90 valence electrons. The van der Waals surface area contributed by atoms with Crippen molar-refractivity contribution in [1.82, 2.24) is 4.57 Å². The predicted octanol–water partition coefficient (Wildman–Crippen LogP) is 1.26. The maximum absolute atomic E-state index is 11.5. The monoisotopic (exact) mass is 265 g/mol. The Labute approximate surface area is 98.9 Å². The van der Waals surface area contributed by atoms with Crippen molar-refractivity contribution in [3.05, 3.63) is 16.9 Å². The molecule has 7 heteroatoms. The van der Waals surface area contributed by atoms with E-state index in [9.17, 15) is 13.2 Å². The predicted molar refractivity (Wildman–Crippen MR) is 59.5 cm³/mol. The molecule has 0 saturated carbocycles. The summed E-state index contributed by atoms with van der Waals surface area (Å²) < 4.78 is 28.8. The summed E-state index contributed by atoms with van der Waals surface area (Å²) >= 11 is 5.84. The fourth-order valence-corrected chi connectivity index (χ4v) is 2.71. The smallest absolute Gasteiger partial charge is 0.356 e. The maximum atomic E-state index is 11.5. The number of esters is 1. The van der Waals surface area contributed by atoms with Crippen LogP contribution in [0.5, 0.6) is 0 Å². The van der Waals surface area contributed by atoms with Gasteiger partial charge in [0.1, 0.15) is 10.6 Å². The third kappa shape index (κ3) is 2.38. The summed E-state index contributed by atoms with van der Waals surface area (Å²) in [6.07, 6.45) is 2.33. The number of ether oxygens (including phenoxy) is 1. The van der Waals surface area contributed by atoms with Crippen LogP contribution >= 0.6 is 11.6 Å². The molecule has 0 aromatic carbocycles. The van der Waals surface area contributed by atoms with Crippen LogP contribution in [-0.4, -0.2) is 31.8 Å². The van der Waals surface area contributed by atoms with Gasteiger partial charge >= 0.3 is 5.97 Å². The minimum absolute atomic E-state index is 0.0453. The molecule has 0 amide bonds. The van der Waals surface area contributed by atoms with Crippen LogP contribution in [0.15, 0.2) is 11.1 Å². The fourth-order valence-electron chi connectivity index (χ4n) is 1.26. The lowest BCUT2D eigenvalue weighted by molar-refractivity contribution is 0.0515. The number of carbonyl (C=O) groups is 1. The van der Waals surface area contributed by atoms with Crippen LogP contribution in [0.3, 0.4) is 0 Å². The van der Waals surface area contributed by atoms with E-state index in [2.05, 4.69) is 0 Å². The molecule has 1 aromatic rings. The minimum atomic E-state index is -3.44. The van der Waals surface area contributed by atoms with Crippen molar-refractivity contribution in [2.24, 2.45) is 7.05 Å². The number of rotatable bonds is 3. The van der Waals surface area contributed by atoms with Crippen LogP contribution in [0, 0.1) is 0 Å². The Morgan fingerprint density at radius 2 is 2.12 bits per heavy atom. The van der Waals surface area contributed by atoms with Gasteiger partial charge in [0.25, 0.3) is 0 Å². The SMILES string of the molecule is CCOC(=O)c1c(Cl)c(S(C)(=O)=O)cn1C. The average Bonchev–Trinajstić information content (AvgIpc) is 2.41. The molecule has 0 radical (unpaired) electrons. The second kappa shape index (κ2) is 4.47. The summed E-state index contributed by atoms with van der Waals surface area (Å²) in [5.41, 5.74) is 0.0453. The van der Waals surface area contributed by atoms with E-state index in [0.717, 1.165) is 6.26 Å². The van der Waals surface area contributed by atoms with Gasteiger partial charge in [-0.3, -0.25) is 0 Å². The molecule has 0 N–H and O–H groups in total. The Balaban J connectivity index is 3.34. The quantitative estimate of drug-likeness (QED) is 0.772. The standard InChI is InChI=1S/C9H12ClNO4S/c1-4-15-9(12)8-7(10)6(5-11(8)2)16(3,13)14/h5H,4H2,1-3H3. The number of sulfone groups is 1. The summed E-state index contributed by atoms with van der Waals surface area (Å²) in [7, 11) is -1.91. The highest BCUT2D eigenvalue weighted by Gasteiger charge is 2.24. The van der Waals surface area contributed by atoms with Gasteiger partial charge < -0.3 is 9.30 Å². The largest absolute Gasteiger partial charge is 0.461 e. The van der Waals surface area contributed by atoms with E-state index in [4.69, 9.17) is 16.3 Å². The van der Waals surface area contributed by atoms with E-state index in [1.54, 1.807) is 6.92 Å². The number of carbonyl (C=O) groups excluding carboxylic acids is 1. The van der Waals surface area contributed by atoms with Crippen molar-refractivity contribution in [3.63, 3.8) is 0 Å². The molecule has 0 bridgehead atoms. The van der Waals surface area contributed by atoms with Crippen molar-refractivity contribution in [1.29, 1.82) is 0 Å². The third-order valence-corrected chi connectivity index (χ3v) is 3.56. The van der Waals surface area contributed by atoms with Gasteiger partial charge in [-0.05, 0) is 6.92 Å². The van der Waals surface area contributed by atoms with Crippen LogP contribution in [-0.2, 0) is 21.6 Å². The highest BCUT2D eigenvalue weighted by molar-refractivity contribution is 7.90. The van der Waals surface area contributed by atoms with E-state index >= 15 is 0 Å². The summed E-state index contributed by atoms with van der Waals surface area (Å²) in [6.45, 7) is 1.86. The molecule has 0 spiro atoms. The highest BCUT2D eigenvalue weighted by Crippen LogP contribution is 2.27. The van der Waals surface area contributed by atoms with Gasteiger partial charge in [-0.15, -0.1) is 0 Å². The molecule has 0 saturated heterocycles. The molecule has 0 aliphatic heterocycles. The first kappa shape index (κ1) is 13.1. The van der Waals surface area contributed by atoms with Crippen LogP contribution in [0.2, 0.25) is 5.02 Å². The summed E-state index contributed by atoms with van der Waals surface area (Å²) in [6, 6.07) is 0. The van der Waals surface area contributed by atoms with Gasteiger partial charge in [-0.1, -0.05) is 11.6 Å². The van der Waals surface area contributed by atoms with Crippen LogP contribution < -0.4 is 0 Å². The zero-order valence-corrected chi connectivity index (χ0v) is 10.7. The number of hydrogen-bond acceptors (Lipinski definition) is 4. The lowest BCUT2D eigenvalue weighted by atomic mass is 10.4. The fraction of sp³-hybridized carbons (Fsp3) is 0.444. The molecule has 1 rings (SSSR count). The zero-order valence-electron chi connectivity index (χ0n) is 9.15. The minimum Gasteiger partial charge on any atom is -0.461 e. The Morgan fingerprint density at radius 3 is 2.50 bits per heavy atom. The Kier molecular flexibility index (Phi) is 3.64. The number of hydrogen-bond donors (Lipinski definition) is 0. The Bertz CT molecular complexity index is 518. The first-order valence-corrected chi connectivity index (χ1v) is 6.78. The van der Waals surface area contributed by atoms with Crippen molar-refractivity contribution >= 4 is 27.4 Å². The van der Waals surface area contributed by atoms with Gasteiger partial charge in [-0.2, -0.15) is 0 Å². The molecular weight excluding hydrogens is 254 g/mol. The van der Waals surface area contributed by atoms with E-state index in [0.29, 0.717) is 0 Å². The normalized spacial score (nSPS) is 11.5. The van der Waals surface area contributed by atoms with Crippen LogP contribution in [0.1, 0.15) is 17.4 Å². The molecule has 0 atom stereocenters. The molecule has 0 aliphatic rings. The molecular formula is C9H12ClNO4S. The summed E-state index contributed by atoms with van der Waals surface area (Å²) in [4.78, 5) is 11.4. The van der Waals surface area contributed by atoms with Gasteiger partial charge in [0.15, 0.2) is 9.84 Å². The molecule has 0 fully saturated rings. The van der Waals surface area contributed by atoms with E-state index < -0.39 is 15.8 Å². The number of halogens is 1. The lowest BCUT2D eigenvalue weighted by Crippen LogP contribution is -2.09. The number of aromatic nitrogens is 1. The molecule has 16 heavy (non-hydrogen) atoms. The van der Waals surface area contributed by atoms with Crippen LogP contribution in [0.4, 0.5) is 0 Å². The zero-order chi connectivity index (χ0) is 12.5. The van der Waals surface area contributed by atoms with Crippen molar-refractivity contribution in [2.75, 3.05) is 12.9 Å². The Morgan fingerprint density at radius 1 is 1.56 bits per heavy atom. The molecule has 1 heterocycles. The third-order valence-electron chi connectivity index (χ3n) is 1.96. The van der Waals surface area contributed by atoms with Crippen molar-refractivity contribution in [2.45, 2.75) is 11.8 Å². The highest BCUT2D eigenvalue weighted by atomic mass is 35.5. The topological polar surface area (TPSA) is 65.4 Å². The molecule has 0 aliphatic carbocycles. The Hall–Kier alpha value is -1.01. The second-order valence-electron chi connectivity index (χ2n) is 3.26. The maximum Gasteiger partial charge on any atom is 0.356 e.